The number of carbonyl (C=O) groups excluding carboxylic acids is 2. The van der Waals surface area contributed by atoms with E-state index in [1.54, 1.807) is 12.1 Å². The Morgan fingerprint density at radius 3 is 2.67 bits per heavy atom. The first kappa shape index (κ1) is 13.5. The van der Waals surface area contributed by atoms with Crippen molar-refractivity contribution in [1.29, 1.82) is 0 Å². The summed E-state index contributed by atoms with van der Waals surface area (Å²) in [4.78, 5) is 37.2. The topological polar surface area (TPSA) is 74.7 Å². The summed E-state index contributed by atoms with van der Waals surface area (Å²) in [5.41, 5.74) is 1.53. The molecule has 0 aromatic heterocycles. The molecule has 1 aromatic rings. The fourth-order valence-electron chi connectivity index (χ4n) is 3.07. The highest BCUT2D eigenvalue weighted by molar-refractivity contribution is 6.22. The van der Waals surface area contributed by atoms with Crippen LogP contribution in [0.4, 0.5) is 5.69 Å². The van der Waals surface area contributed by atoms with E-state index in [0.29, 0.717) is 18.5 Å². The van der Waals surface area contributed by atoms with Crippen LogP contribution >= 0.6 is 0 Å². The Hall–Kier alpha value is -2.43. The average molecular weight is 285 g/mol. The fourth-order valence-corrected chi connectivity index (χ4v) is 3.07. The van der Waals surface area contributed by atoms with Gasteiger partial charge in [0.05, 0.1) is 23.1 Å². The Bertz CT molecular complexity index is 677. The van der Waals surface area contributed by atoms with Crippen LogP contribution in [0.2, 0.25) is 0 Å². The molecule has 1 fully saturated rings. The quantitative estimate of drug-likeness (QED) is 0.668. The van der Waals surface area contributed by atoms with Gasteiger partial charge >= 0.3 is 5.97 Å². The Morgan fingerprint density at radius 2 is 1.95 bits per heavy atom. The molecule has 2 atom stereocenters. The van der Waals surface area contributed by atoms with Gasteiger partial charge in [-0.1, -0.05) is 17.7 Å². The van der Waals surface area contributed by atoms with Crippen molar-refractivity contribution in [3.8, 4) is 0 Å². The number of amides is 2. The number of rotatable bonds is 2. The lowest BCUT2D eigenvalue weighted by Gasteiger charge is -2.18. The molecule has 2 amide bonds. The highest BCUT2D eigenvalue weighted by Crippen LogP contribution is 2.39. The molecule has 0 spiro atoms. The standard InChI is InChI=1S/C16H15NO4/c1-9-5-6-12-13(7-9)15(19)17(14(12)18)11-4-2-3-10(8-11)16(20)21/h2-5,8,12-13H,6-7H2,1H3,(H,20,21)/t12-,13-/m1/s1. The molecule has 3 rings (SSSR count). The number of anilines is 1. The number of imide groups is 1. The zero-order valence-electron chi connectivity index (χ0n) is 11.6. The molecular weight excluding hydrogens is 270 g/mol. The maximum absolute atomic E-state index is 12.5. The SMILES string of the molecule is CC1=CC[C@H]2C(=O)N(c3cccc(C(=O)O)c3)C(=O)[C@@H]2C1. The van der Waals surface area contributed by atoms with E-state index in [1.165, 1.54) is 12.1 Å². The van der Waals surface area contributed by atoms with E-state index in [9.17, 15) is 14.4 Å². The number of carboxylic acids is 1. The first-order valence-electron chi connectivity index (χ1n) is 6.86. The molecule has 2 aliphatic rings. The minimum Gasteiger partial charge on any atom is -0.478 e. The molecule has 5 nitrogen and oxygen atoms in total. The van der Waals surface area contributed by atoms with Crippen LogP contribution in [0.3, 0.4) is 0 Å². The monoisotopic (exact) mass is 285 g/mol. The van der Waals surface area contributed by atoms with E-state index in [1.807, 2.05) is 13.0 Å². The van der Waals surface area contributed by atoms with Crippen molar-refractivity contribution in [2.45, 2.75) is 19.8 Å². The third-order valence-electron chi connectivity index (χ3n) is 4.17. The van der Waals surface area contributed by atoms with E-state index in [-0.39, 0.29) is 29.2 Å². The smallest absolute Gasteiger partial charge is 0.335 e. The second kappa shape index (κ2) is 4.84. The Kier molecular flexibility index (Phi) is 3.12. The molecule has 108 valence electrons. The molecular formula is C16H15NO4. The van der Waals surface area contributed by atoms with E-state index in [4.69, 9.17) is 5.11 Å². The van der Waals surface area contributed by atoms with Crippen molar-refractivity contribution in [2.75, 3.05) is 4.90 Å². The van der Waals surface area contributed by atoms with Gasteiger partial charge in [0.1, 0.15) is 0 Å². The van der Waals surface area contributed by atoms with Gasteiger partial charge in [0.25, 0.3) is 0 Å². The Balaban J connectivity index is 1.97. The van der Waals surface area contributed by atoms with Crippen LogP contribution < -0.4 is 4.90 Å². The average Bonchev–Trinajstić information content (AvgIpc) is 2.70. The van der Waals surface area contributed by atoms with Crippen LogP contribution in [0.5, 0.6) is 0 Å². The molecule has 1 aliphatic carbocycles. The van der Waals surface area contributed by atoms with Crippen LogP contribution in [0.15, 0.2) is 35.9 Å². The lowest BCUT2D eigenvalue weighted by Crippen LogP contribution is -2.31. The first-order valence-corrected chi connectivity index (χ1v) is 6.86. The maximum Gasteiger partial charge on any atom is 0.335 e. The summed E-state index contributed by atoms with van der Waals surface area (Å²) in [5, 5.41) is 9.03. The van der Waals surface area contributed by atoms with Gasteiger partial charge in [-0.3, -0.25) is 14.5 Å². The van der Waals surface area contributed by atoms with Gasteiger partial charge in [-0.05, 0) is 38.0 Å². The van der Waals surface area contributed by atoms with Crippen LogP contribution in [0, 0.1) is 11.8 Å². The molecule has 0 bridgehead atoms. The van der Waals surface area contributed by atoms with Crippen molar-refractivity contribution >= 4 is 23.5 Å². The summed E-state index contributed by atoms with van der Waals surface area (Å²) >= 11 is 0. The number of hydrogen-bond donors (Lipinski definition) is 1. The molecule has 21 heavy (non-hydrogen) atoms. The summed E-state index contributed by atoms with van der Waals surface area (Å²) in [5.74, 6) is -2.15. The molecule has 0 unspecified atom stereocenters. The van der Waals surface area contributed by atoms with Gasteiger partial charge in [0.2, 0.25) is 11.8 Å². The van der Waals surface area contributed by atoms with Crippen LogP contribution in [0.1, 0.15) is 30.1 Å². The normalized spacial score (nSPS) is 24.8. The van der Waals surface area contributed by atoms with E-state index in [0.717, 1.165) is 10.5 Å². The first-order chi connectivity index (χ1) is 9.99. The zero-order valence-corrected chi connectivity index (χ0v) is 11.6. The minimum atomic E-state index is -1.08. The highest BCUT2D eigenvalue weighted by atomic mass is 16.4. The third-order valence-corrected chi connectivity index (χ3v) is 4.17. The summed E-state index contributed by atoms with van der Waals surface area (Å²) < 4.78 is 0. The number of carboxylic acid groups (broad SMARTS) is 1. The predicted octanol–water partition coefficient (Wildman–Crippen LogP) is 2.23. The number of fused-ring (bicyclic) bond motifs is 1. The summed E-state index contributed by atoms with van der Waals surface area (Å²) in [6.07, 6.45) is 3.18. The number of benzene rings is 1. The molecule has 1 heterocycles. The number of nitrogens with zero attached hydrogens (tertiary/aromatic N) is 1. The van der Waals surface area contributed by atoms with E-state index in [2.05, 4.69) is 0 Å². The lowest BCUT2D eigenvalue weighted by molar-refractivity contribution is -0.122. The molecule has 1 aromatic carbocycles. The second-order valence-corrected chi connectivity index (χ2v) is 5.57. The molecule has 5 heteroatoms. The van der Waals surface area contributed by atoms with Crippen LogP contribution in [0.25, 0.3) is 0 Å². The molecule has 1 N–H and O–H groups in total. The van der Waals surface area contributed by atoms with Gasteiger partial charge in [-0.15, -0.1) is 0 Å². The van der Waals surface area contributed by atoms with Crippen molar-refractivity contribution in [3.05, 3.63) is 41.5 Å². The van der Waals surface area contributed by atoms with Crippen molar-refractivity contribution < 1.29 is 19.5 Å². The fraction of sp³-hybridized carbons (Fsp3) is 0.312. The van der Waals surface area contributed by atoms with Gasteiger partial charge in [-0.2, -0.15) is 0 Å². The molecule has 1 aliphatic heterocycles. The summed E-state index contributed by atoms with van der Waals surface area (Å²) in [6, 6.07) is 5.95. The third kappa shape index (κ3) is 2.14. The van der Waals surface area contributed by atoms with Crippen molar-refractivity contribution in [3.63, 3.8) is 0 Å². The van der Waals surface area contributed by atoms with Crippen molar-refractivity contribution in [2.24, 2.45) is 11.8 Å². The van der Waals surface area contributed by atoms with Crippen LogP contribution in [-0.2, 0) is 9.59 Å². The number of carbonyl (C=O) groups is 3. The van der Waals surface area contributed by atoms with Crippen LogP contribution in [-0.4, -0.2) is 22.9 Å². The van der Waals surface area contributed by atoms with Gasteiger partial charge < -0.3 is 5.11 Å². The van der Waals surface area contributed by atoms with E-state index < -0.39 is 5.97 Å². The molecule has 0 saturated carbocycles. The summed E-state index contributed by atoms with van der Waals surface area (Å²) in [7, 11) is 0. The predicted molar refractivity (Wildman–Crippen MR) is 75.9 cm³/mol. The minimum absolute atomic E-state index is 0.0669. The second-order valence-electron chi connectivity index (χ2n) is 5.57. The van der Waals surface area contributed by atoms with Gasteiger partial charge in [0, 0.05) is 0 Å². The van der Waals surface area contributed by atoms with Gasteiger partial charge in [0.15, 0.2) is 0 Å². The number of allylic oxidation sites excluding steroid dienone is 2. The largest absolute Gasteiger partial charge is 0.478 e. The highest BCUT2D eigenvalue weighted by Gasteiger charge is 2.48. The number of aromatic carboxylic acids is 1. The van der Waals surface area contributed by atoms with E-state index >= 15 is 0 Å². The molecule has 0 radical (unpaired) electrons. The lowest BCUT2D eigenvalue weighted by atomic mass is 9.82. The number of hydrogen-bond acceptors (Lipinski definition) is 3. The van der Waals surface area contributed by atoms with Gasteiger partial charge in [-0.25, -0.2) is 4.79 Å². The molecule has 1 saturated heterocycles. The zero-order chi connectivity index (χ0) is 15.1. The summed E-state index contributed by atoms with van der Waals surface area (Å²) in [6.45, 7) is 1.96. The maximum atomic E-state index is 12.5. The Morgan fingerprint density at radius 1 is 1.24 bits per heavy atom. The van der Waals surface area contributed by atoms with Crippen molar-refractivity contribution in [1.82, 2.24) is 0 Å². The Labute approximate surface area is 121 Å².